The molecule has 0 atom stereocenters. The first kappa shape index (κ1) is 20.1. The SMILES string of the molecule is Cc1ccc(-c2nn(-c3ccccc3)cc2C=CC(=O)Nc2cccc(I)c2)cc1. The van der Waals surface area contributed by atoms with Gasteiger partial charge < -0.3 is 5.32 Å². The predicted octanol–water partition coefficient (Wildman–Crippen LogP) is 6.10. The fraction of sp³-hybridized carbons (Fsp3) is 0.0400. The first-order valence-electron chi connectivity index (χ1n) is 9.55. The number of carbonyl (C=O) groups is 1. The number of para-hydroxylation sites is 1. The summed E-state index contributed by atoms with van der Waals surface area (Å²) in [6.07, 6.45) is 5.30. The molecule has 0 radical (unpaired) electrons. The molecule has 4 rings (SSSR count). The van der Waals surface area contributed by atoms with Gasteiger partial charge in [0.25, 0.3) is 0 Å². The number of hydrogen-bond donors (Lipinski definition) is 1. The lowest BCUT2D eigenvalue weighted by molar-refractivity contribution is -0.111. The topological polar surface area (TPSA) is 46.9 Å². The van der Waals surface area contributed by atoms with Crippen LogP contribution < -0.4 is 5.32 Å². The van der Waals surface area contributed by atoms with Gasteiger partial charge in [-0.3, -0.25) is 4.79 Å². The van der Waals surface area contributed by atoms with Crippen molar-refractivity contribution in [2.24, 2.45) is 0 Å². The van der Waals surface area contributed by atoms with Gasteiger partial charge in [0, 0.05) is 32.7 Å². The molecule has 4 nitrogen and oxygen atoms in total. The van der Waals surface area contributed by atoms with E-state index in [1.807, 2.05) is 71.6 Å². The highest BCUT2D eigenvalue weighted by atomic mass is 127. The number of nitrogens with zero attached hydrogens (tertiary/aromatic N) is 2. The summed E-state index contributed by atoms with van der Waals surface area (Å²) in [6.45, 7) is 2.06. The summed E-state index contributed by atoms with van der Waals surface area (Å²) >= 11 is 2.22. The van der Waals surface area contributed by atoms with E-state index in [2.05, 4.69) is 59.1 Å². The van der Waals surface area contributed by atoms with Crippen LogP contribution in [0.2, 0.25) is 0 Å². The Balaban J connectivity index is 1.65. The maximum Gasteiger partial charge on any atom is 0.248 e. The van der Waals surface area contributed by atoms with E-state index in [-0.39, 0.29) is 5.91 Å². The number of halogens is 1. The Morgan fingerprint density at radius 2 is 1.77 bits per heavy atom. The van der Waals surface area contributed by atoms with Crippen LogP contribution in [0.4, 0.5) is 5.69 Å². The van der Waals surface area contributed by atoms with Gasteiger partial charge in [0.1, 0.15) is 0 Å². The molecule has 1 aromatic heterocycles. The Morgan fingerprint density at radius 1 is 1.00 bits per heavy atom. The molecule has 0 bridgehead atoms. The minimum Gasteiger partial charge on any atom is -0.322 e. The number of aromatic nitrogens is 2. The Morgan fingerprint density at radius 3 is 2.50 bits per heavy atom. The fourth-order valence-electron chi connectivity index (χ4n) is 3.07. The third kappa shape index (κ3) is 4.86. The summed E-state index contributed by atoms with van der Waals surface area (Å²) in [4.78, 5) is 12.4. The van der Waals surface area contributed by atoms with Crippen molar-refractivity contribution in [3.05, 3.63) is 106 Å². The van der Waals surface area contributed by atoms with Crippen LogP contribution in [0.15, 0.2) is 91.1 Å². The highest BCUT2D eigenvalue weighted by Gasteiger charge is 2.11. The molecule has 0 aliphatic heterocycles. The average Bonchev–Trinajstić information content (AvgIpc) is 3.18. The van der Waals surface area contributed by atoms with E-state index in [4.69, 9.17) is 5.10 Å². The average molecular weight is 505 g/mol. The largest absolute Gasteiger partial charge is 0.322 e. The van der Waals surface area contributed by atoms with Crippen molar-refractivity contribution >= 4 is 40.3 Å². The molecule has 0 aliphatic carbocycles. The number of hydrogen-bond acceptors (Lipinski definition) is 2. The van der Waals surface area contributed by atoms with Crippen LogP contribution in [-0.2, 0) is 4.79 Å². The van der Waals surface area contributed by atoms with Gasteiger partial charge in [-0.05, 0) is 65.9 Å². The third-order valence-corrected chi connectivity index (χ3v) is 5.27. The quantitative estimate of drug-likeness (QED) is 0.263. The van der Waals surface area contributed by atoms with Crippen LogP contribution in [0.1, 0.15) is 11.1 Å². The summed E-state index contributed by atoms with van der Waals surface area (Å²) in [7, 11) is 0. The summed E-state index contributed by atoms with van der Waals surface area (Å²) < 4.78 is 2.91. The zero-order valence-corrected chi connectivity index (χ0v) is 18.6. The fourth-order valence-corrected chi connectivity index (χ4v) is 3.62. The molecule has 0 saturated carbocycles. The van der Waals surface area contributed by atoms with Crippen LogP contribution in [0.5, 0.6) is 0 Å². The van der Waals surface area contributed by atoms with Gasteiger partial charge in [0.15, 0.2) is 0 Å². The zero-order chi connectivity index (χ0) is 20.9. The molecular weight excluding hydrogens is 485 g/mol. The van der Waals surface area contributed by atoms with Gasteiger partial charge in [-0.1, -0.05) is 54.1 Å². The molecular formula is C25H20IN3O. The Kier molecular flexibility index (Phi) is 6.09. The summed E-state index contributed by atoms with van der Waals surface area (Å²) in [6, 6.07) is 25.9. The minimum atomic E-state index is -0.181. The van der Waals surface area contributed by atoms with Crippen LogP contribution in [0, 0.1) is 10.5 Å². The second kappa shape index (κ2) is 9.09. The maximum absolute atomic E-state index is 12.4. The van der Waals surface area contributed by atoms with E-state index in [1.165, 1.54) is 5.56 Å². The summed E-state index contributed by atoms with van der Waals surface area (Å²) in [5, 5.41) is 7.69. The van der Waals surface area contributed by atoms with Gasteiger partial charge in [-0.15, -0.1) is 0 Å². The molecule has 148 valence electrons. The normalized spacial score (nSPS) is 11.0. The first-order chi connectivity index (χ1) is 14.6. The maximum atomic E-state index is 12.4. The van der Waals surface area contributed by atoms with Crippen molar-refractivity contribution in [2.45, 2.75) is 6.92 Å². The molecule has 0 aliphatic rings. The molecule has 0 fully saturated rings. The van der Waals surface area contributed by atoms with Crippen LogP contribution in [0.25, 0.3) is 23.0 Å². The molecule has 0 unspecified atom stereocenters. The first-order valence-corrected chi connectivity index (χ1v) is 10.6. The van der Waals surface area contributed by atoms with Gasteiger partial charge >= 0.3 is 0 Å². The smallest absolute Gasteiger partial charge is 0.248 e. The number of carbonyl (C=O) groups excluding carboxylic acids is 1. The van der Waals surface area contributed by atoms with Crippen LogP contribution in [0.3, 0.4) is 0 Å². The molecule has 4 aromatic rings. The lowest BCUT2D eigenvalue weighted by atomic mass is 10.1. The van der Waals surface area contributed by atoms with Crippen molar-refractivity contribution in [3.63, 3.8) is 0 Å². The summed E-state index contributed by atoms with van der Waals surface area (Å²) in [5.41, 5.74) is 5.64. The highest BCUT2D eigenvalue weighted by molar-refractivity contribution is 14.1. The lowest BCUT2D eigenvalue weighted by Crippen LogP contribution is -2.07. The Labute approximate surface area is 189 Å². The number of rotatable bonds is 5. The molecule has 1 amide bonds. The number of benzene rings is 3. The van der Waals surface area contributed by atoms with Crippen molar-refractivity contribution in [3.8, 4) is 16.9 Å². The highest BCUT2D eigenvalue weighted by Crippen LogP contribution is 2.25. The van der Waals surface area contributed by atoms with Gasteiger partial charge in [-0.2, -0.15) is 5.10 Å². The standard InChI is InChI=1S/C25H20IN3O/c1-18-10-12-19(13-11-18)25-20(17-29(28-25)23-8-3-2-4-9-23)14-15-24(30)27-22-7-5-6-21(26)16-22/h2-17H,1H3,(H,27,30). The van der Waals surface area contributed by atoms with E-state index in [9.17, 15) is 4.79 Å². The van der Waals surface area contributed by atoms with Crippen molar-refractivity contribution in [1.29, 1.82) is 0 Å². The molecule has 3 aromatic carbocycles. The minimum absolute atomic E-state index is 0.181. The number of nitrogens with one attached hydrogen (secondary N) is 1. The third-order valence-electron chi connectivity index (χ3n) is 4.59. The molecule has 5 heteroatoms. The monoisotopic (exact) mass is 505 g/mol. The van der Waals surface area contributed by atoms with Crippen LogP contribution in [-0.4, -0.2) is 15.7 Å². The lowest BCUT2D eigenvalue weighted by Gasteiger charge is -2.02. The number of amides is 1. The van der Waals surface area contributed by atoms with E-state index < -0.39 is 0 Å². The molecule has 1 heterocycles. The van der Waals surface area contributed by atoms with Crippen molar-refractivity contribution in [1.82, 2.24) is 9.78 Å². The number of anilines is 1. The van der Waals surface area contributed by atoms with E-state index >= 15 is 0 Å². The Bertz CT molecular complexity index is 1190. The van der Waals surface area contributed by atoms with Gasteiger partial charge in [-0.25, -0.2) is 4.68 Å². The Hall–Kier alpha value is -3.19. The van der Waals surface area contributed by atoms with Gasteiger partial charge in [0.2, 0.25) is 5.91 Å². The number of aryl methyl sites for hydroxylation is 1. The molecule has 0 spiro atoms. The zero-order valence-electron chi connectivity index (χ0n) is 16.4. The van der Waals surface area contributed by atoms with Gasteiger partial charge in [0.05, 0.1) is 11.4 Å². The molecule has 30 heavy (non-hydrogen) atoms. The van der Waals surface area contributed by atoms with E-state index in [0.717, 1.165) is 31.8 Å². The predicted molar refractivity (Wildman–Crippen MR) is 131 cm³/mol. The van der Waals surface area contributed by atoms with Crippen molar-refractivity contribution < 1.29 is 4.79 Å². The van der Waals surface area contributed by atoms with Crippen LogP contribution >= 0.6 is 22.6 Å². The second-order valence-electron chi connectivity index (χ2n) is 6.91. The van der Waals surface area contributed by atoms with E-state index in [0.29, 0.717) is 0 Å². The summed E-state index contributed by atoms with van der Waals surface area (Å²) in [5.74, 6) is -0.181. The molecule has 0 saturated heterocycles. The second-order valence-corrected chi connectivity index (χ2v) is 8.16. The molecule has 1 N–H and O–H groups in total. The van der Waals surface area contributed by atoms with E-state index in [1.54, 1.807) is 6.08 Å². The van der Waals surface area contributed by atoms with Crippen molar-refractivity contribution in [2.75, 3.05) is 5.32 Å².